The number of nitrogens with one attached hydrogen (secondary N) is 1. The summed E-state index contributed by atoms with van der Waals surface area (Å²) < 4.78 is 29.7. The first-order valence-electron chi connectivity index (χ1n) is 11.7. The minimum atomic E-state index is -3.58. The number of halogens is 1. The number of carbonyl (C=O) groups excluding carboxylic acids is 1. The van der Waals surface area contributed by atoms with Crippen LogP contribution >= 0.6 is 23.4 Å². The maximum atomic E-state index is 13.2. The van der Waals surface area contributed by atoms with E-state index >= 15 is 0 Å². The molecule has 1 N–H and O–H groups in total. The summed E-state index contributed by atoms with van der Waals surface area (Å²) in [6.45, 7) is 1.07. The van der Waals surface area contributed by atoms with Crippen LogP contribution in [0.2, 0.25) is 5.02 Å². The molecule has 8 nitrogen and oxygen atoms in total. The number of amides is 1. The van der Waals surface area contributed by atoms with E-state index < -0.39 is 10.0 Å². The molecular weight excluding hydrogens is 530 g/mol. The number of benzene rings is 3. The number of rotatable bonds is 8. The fourth-order valence-corrected chi connectivity index (χ4v) is 6.54. The fourth-order valence-electron chi connectivity index (χ4n) is 4.09. The Kier molecular flexibility index (Phi) is 7.61. The second-order valence-corrected chi connectivity index (χ2v) is 11.8. The number of thioether (sulfide) groups is 1. The molecule has 190 valence electrons. The second-order valence-electron chi connectivity index (χ2n) is 8.46. The SMILES string of the molecule is O=C(CSc1nnc(-c2cccc(S(=O)(=O)N3CCCC3)c2)n1-c1ccccc1)Nc1ccc(Cl)cc1. The van der Waals surface area contributed by atoms with E-state index in [1.54, 1.807) is 42.5 Å². The Bertz CT molecular complexity index is 1500. The van der Waals surface area contributed by atoms with Crippen LogP contribution in [-0.4, -0.2) is 52.2 Å². The van der Waals surface area contributed by atoms with E-state index in [0.717, 1.165) is 18.5 Å². The van der Waals surface area contributed by atoms with Gasteiger partial charge in [0.25, 0.3) is 0 Å². The summed E-state index contributed by atoms with van der Waals surface area (Å²) in [6.07, 6.45) is 1.74. The molecule has 3 aromatic carbocycles. The lowest BCUT2D eigenvalue weighted by atomic mass is 10.2. The maximum absolute atomic E-state index is 13.2. The molecule has 1 fully saturated rings. The summed E-state index contributed by atoms with van der Waals surface area (Å²) in [7, 11) is -3.58. The molecule has 1 saturated heterocycles. The monoisotopic (exact) mass is 553 g/mol. The lowest BCUT2D eigenvalue weighted by Gasteiger charge is -2.16. The van der Waals surface area contributed by atoms with Crippen molar-refractivity contribution in [3.8, 4) is 17.1 Å². The zero-order valence-electron chi connectivity index (χ0n) is 19.7. The Morgan fingerprint density at radius 2 is 1.68 bits per heavy atom. The first-order chi connectivity index (χ1) is 17.9. The number of hydrogen-bond acceptors (Lipinski definition) is 6. The molecule has 0 spiro atoms. The lowest BCUT2D eigenvalue weighted by Crippen LogP contribution is -2.27. The number of anilines is 1. The zero-order chi connectivity index (χ0) is 25.8. The van der Waals surface area contributed by atoms with Gasteiger partial charge in [-0.25, -0.2) is 8.42 Å². The van der Waals surface area contributed by atoms with Crippen molar-refractivity contribution in [2.75, 3.05) is 24.2 Å². The van der Waals surface area contributed by atoms with Gasteiger partial charge in [0.05, 0.1) is 10.6 Å². The van der Waals surface area contributed by atoms with Crippen molar-refractivity contribution < 1.29 is 13.2 Å². The molecule has 2 heterocycles. The van der Waals surface area contributed by atoms with E-state index in [1.165, 1.54) is 16.1 Å². The van der Waals surface area contributed by atoms with Crippen molar-refractivity contribution in [1.82, 2.24) is 19.1 Å². The summed E-state index contributed by atoms with van der Waals surface area (Å²) in [5.41, 5.74) is 2.07. The third kappa shape index (κ3) is 5.72. The third-order valence-corrected chi connectivity index (χ3v) is 8.98. The molecule has 4 aromatic rings. The van der Waals surface area contributed by atoms with Crippen LogP contribution in [0.15, 0.2) is 88.9 Å². The van der Waals surface area contributed by atoms with E-state index in [1.807, 2.05) is 41.0 Å². The van der Waals surface area contributed by atoms with Crippen LogP contribution < -0.4 is 5.32 Å². The van der Waals surface area contributed by atoms with Crippen molar-refractivity contribution in [1.29, 1.82) is 0 Å². The number of carbonyl (C=O) groups is 1. The van der Waals surface area contributed by atoms with Gasteiger partial charge < -0.3 is 5.32 Å². The van der Waals surface area contributed by atoms with Crippen molar-refractivity contribution in [2.45, 2.75) is 22.9 Å². The Balaban J connectivity index is 1.43. The molecule has 0 bridgehead atoms. The van der Waals surface area contributed by atoms with Gasteiger partial charge in [0.2, 0.25) is 15.9 Å². The Morgan fingerprint density at radius 3 is 2.41 bits per heavy atom. The number of hydrogen-bond donors (Lipinski definition) is 1. The van der Waals surface area contributed by atoms with Gasteiger partial charge in [0.15, 0.2) is 11.0 Å². The average Bonchev–Trinajstić information content (AvgIpc) is 3.61. The topological polar surface area (TPSA) is 97.2 Å². The van der Waals surface area contributed by atoms with Crippen molar-refractivity contribution in [3.05, 3.63) is 83.9 Å². The van der Waals surface area contributed by atoms with E-state index in [0.29, 0.717) is 40.3 Å². The molecule has 1 aliphatic rings. The normalized spacial score (nSPS) is 14.1. The molecule has 5 rings (SSSR count). The minimum absolute atomic E-state index is 0.108. The average molecular weight is 554 g/mol. The Hall–Kier alpha value is -3.18. The smallest absolute Gasteiger partial charge is 0.243 e. The molecule has 0 radical (unpaired) electrons. The molecule has 1 amide bonds. The van der Waals surface area contributed by atoms with Gasteiger partial charge in [-0.1, -0.05) is 53.7 Å². The Labute approximate surface area is 224 Å². The minimum Gasteiger partial charge on any atom is -0.325 e. The van der Waals surface area contributed by atoms with E-state index in [-0.39, 0.29) is 16.6 Å². The van der Waals surface area contributed by atoms with Crippen LogP contribution in [-0.2, 0) is 14.8 Å². The second kappa shape index (κ2) is 11.1. The van der Waals surface area contributed by atoms with Gasteiger partial charge in [0.1, 0.15) is 0 Å². The zero-order valence-corrected chi connectivity index (χ0v) is 22.1. The predicted molar refractivity (Wildman–Crippen MR) is 146 cm³/mol. The molecule has 0 atom stereocenters. The molecule has 1 aromatic heterocycles. The summed E-state index contributed by atoms with van der Waals surface area (Å²) in [5.74, 6) is 0.400. The van der Waals surface area contributed by atoms with Crippen LogP contribution in [0.25, 0.3) is 17.1 Å². The first kappa shape index (κ1) is 25.5. The van der Waals surface area contributed by atoms with Crippen LogP contribution in [0.5, 0.6) is 0 Å². The van der Waals surface area contributed by atoms with Crippen LogP contribution in [0.3, 0.4) is 0 Å². The molecule has 0 saturated carbocycles. The van der Waals surface area contributed by atoms with E-state index in [4.69, 9.17) is 11.6 Å². The highest BCUT2D eigenvalue weighted by atomic mass is 35.5. The largest absolute Gasteiger partial charge is 0.325 e. The van der Waals surface area contributed by atoms with Crippen molar-refractivity contribution in [2.24, 2.45) is 0 Å². The highest BCUT2D eigenvalue weighted by Crippen LogP contribution is 2.30. The fraction of sp³-hybridized carbons (Fsp3) is 0.192. The summed E-state index contributed by atoms with van der Waals surface area (Å²) in [5, 5.41) is 12.7. The number of para-hydroxylation sites is 1. The highest BCUT2D eigenvalue weighted by Gasteiger charge is 2.28. The molecule has 0 aliphatic carbocycles. The van der Waals surface area contributed by atoms with Gasteiger partial charge in [-0.2, -0.15) is 4.31 Å². The van der Waals surface area contributed by atoms with Crippen molar-refractivity contribution in [3.63, 3.8) is 0 Å². The van der Waals surface area contributed by atoms with Gasteiger partial charge in [-0.05, 0) is 61.4 Å². The van der Waals surface area contributed by atoms with E-state index in [9.17, 15) is 13.2 Å². The summed E-state index contributed by atoms with van der Waals surface area (Å²) >= 11 is 7.16. The van der Waals surface area contributed by atoms with Gasteiger partial charge in [0, 0.05) is 35.1 Å². The lowest BCUT2D eigenvalue weighted by molar-refractivity contribution is -0.113. The molecule has 37 heavy (non-hydrogen) atoms. The highest BCUT2D eigenvalue weighted by molar-refractivity contribution is 7.99. The van der Waals surface area contributed by atoms with Crippen LogP contribution in [0.1, 0.15) is 12.8 Å². The quantitative estimate of drug-likeness (QED) is 0.305. The maximum Gasteiger partial charge on any atom is 0.243 e. The third-order valence-electron chi connectivity index (χ3n) is 5.90. The van der Waals surface area contributed by atoms with E-state index in [2.05, 4.69) is 15.5 Å². The Morgan fingerprint density at radius 1 is 0.946 bits per heavy atom. The molecule has 11 heteroatoms. The van der Waals surface area contributed by atoms with Crippen LogP contribution in [0.4, 0.5) is 5.69 Å². The molecule has 0 unspecified atom stereocenters. The number of sulfonamides is 1. The predicted octanol–water partition coefficient (Wildman–Crippen LogP) is 5.10. The number of aromatic nitrogens is 3. The van der Waals surface area contributed by atoms with Crippen molar-refractivity contribution >= 4 is 45.0 Å². The van der Waals surface area contributed by atoms with Gasteiger partial charge >= 0.3 is 0 Å². The summed E-state index contributed by atoms with van der Waals surface area (Å²) in [4.78, 5) is 12.8. The standard InChI is InChI=1S/C26H24ClN5O3S2/c27-20-11-13-21(14-12-20)28-24(33)18-36-26-30-29-25(32(26)22-8-2-1-3-9-22)19-7-6-10-23(17-19)37(34,35)31-15-4-5-16-31/h1-3,6-14,17H,4-5,15-16,18H2,(H,28,33). The van der Waals surface area contributed by atoms with Gasteiger partial charge in [-0.3, -0.25) is 9.36 Å². The molecule has 1 aliphatic heterocycles. The number of nitrogens with zero attached hydrogens (tertiary/aromatic N) is 4. The first-order valence-corrected chi connectivity index (χ1v) is 14.5. The summed E-state index contributed by atoms with van der Waals surface area (Å²) in [6, 6.07) is 23.2. The van der Waals surface area contributed by atoms with Crippen LogP contribution in [0, 0.1) is 0 Å². The van der Waals surface area contributed by atoms with Gasteiger partial charge in [-0.15, -0.1) is 10.2 Å². The molecular formula is C26H24ClN5O3S2.